The lowest BCUT2D eigenvalue weighted by Gasteiger charge is -2.23. The van der Waals surface area contributed by atoms with Gasteiger partial charge in [0.1, 0.15) is 11.9 Å². The molecule has 2 rings (SSSR count). The first-order chi connectivity index (χ1) is 8.88. The van der Waals surface area contributed by atoms with Gasteiger partial charge in [-0.05, 0) is 19.0 Å². The Morgan fingerprint density at radius 3 is 3.06 bits per heavy atom. The number of ether oxygens (including phenoxy) is 2. The second-order valence-electron chi connectivity index (χ2n) is 4.59. The summed E-state index contributed by atoms with van der Waals surface area (Å²) in [6, 6.07) is 3.96. The lowest BCUT2D eigenvalue weighted by Crippen LogP contribution is -2.26. The van der Waals surface area contributed by atoms with Gasteiger partial charge in [-0.25, -0.2) is 0 Å². The number of nitrogens with one attached hydrogen (secondary N) is 1. The van der Waals surface area contributed by atoms with Crippen molar-refractivity contribution in [1.82, 2.24) is 10.3 Å². The van der Waals surface area contributed by atoms with Crippen molar-refractivity contribution < 1.29 is 9.47 Å². The molecule has 0 unspecified atom stereocenters. The van der Waals surface area contributed by atoms with Gasteiger partial charge in [-0.2, -0.15) is 0 Å². The number of hydrogen-bond acceptors (Lipinski definition) is 4. The summed E-state index contributed by atoms with van der Waals surface area (Å²) in [5, 5.41) is 3.34. The fourth-order valence-corrected chi connectivity index (χ4v) is 2.01. The highest BCUT2D eigenvalue weighted by molar-refractivity contribution is 5.22. The summed E-state index contributed by atoms with van der Waals surface area (Å²) in [6.45, 7) is 5.60. The van der Waals surface area contributed by atoms with Gasteiger partial charge in [-0.1, -0.05) is 6.92 Å². The zero-order chi connectivity index (χ0) is 12.6. The first kappa shape index (κ1) is 13.3. The molecule has 0 saturated carbocycles. The van der Waals surface area contributed by atoms with Crippen molar-refractivity contribution in [2.45, 2.75) is 38.8 Å². The van der Waals surface area contributed by atoms with Gasteiger partial charge < -0.3 is 14.8 Å². The maximum absolute atomic E-state index is 5.95. The van der Waals surface area contributed by atoms with Crippen molar-refractivity contribution in [3.8, 4) is 5.75 Å². The van der Waals surface area contributed by atoms with E-state index in [0.29, 0.717) is 0 Å². The Kier molecular flexibility index (Phi) is 5.42. The Morgan fingerprint density at radius 1 is 1.44 bits per heavy atom. The normalized spacial score (nSPS) is 16.7. The van der Waals surface area contributed by atoms with Crippen LogP contribution in [0.1, 0.15) is 31.9 Å². The van der Waals surface area contributed by atoms with Crippen molar-refractivity contribution in [3.63, 3.8) is 0 Å². The van der Waals surface area contributed by atoms with Gasteiger partial charge in [0.15, 0.2) is 0 Å². The molecule has 0 aliphatic carbocycles. The van der Waals surface area contributed by atoms with E-state index in [1.165, 1.54) is 0 Å². The van der Waals surface area contributed by atoms with Crippen LogP contribution in [0.4, 0.5) is 0 Å². The lowest BCUT2D eigenvalue weighted by molar-refractivity contribution is 0.0255. The number of rotatable bonds is 6. The minimum absolute atomic E-state index is 0.289. The summed E-state index contributed by atoms with van der Waals surface area (Å²) in [5.74, 6) is 0.921. The first-order valence-corrected chi connectivity index (χ1v) is 6.78. The molecule has 2 heterocycles. The Hall–Kier alpha value is -1.13. The molecule has 0 amide bonds. The molecule has 1 aliphatic heterocycles. The van der Waals surface area contributed by atoms with Crippen LogP contribution in [0, 0.1) is 0 Å². The minimum atomic E-state index is 0.289. The summed E-state index contributed by atoms with van der Waals surface area (Å²) in [4.78, 5) is 4.34. The van der Waals surface area contributed by atoms with Gasteiger partial charge in [0.05, 0.1) is 18.9 Å². The number of hydrogen-bond donors (Lipinski definition) is 1. The SMILES string of the molecule is CCCNCc1cc(OC2CCOCC2)ccn1. The van der Waals surface area contributed by atoms with Gasteiger partial charge in [-0.3, -0.25) is 4.98 Å². The van der Waals surface area contributed by atoms with Crippen LogP contribution < -0.4 is 10.1 Å². The summed E-state index contributed by atoms with van der Waals surface area (Å²) in [7, 11) is 0. The van der Waals surface area contributed by atoms with Crippen molar-refractivity contribution in [2.24, 2.45) is 0 Å². The molecule has 0 spiro atoms. The molecule has 0 aromatic carbocycles. The highest BCUT2D eigenvalue weighted by Crippen LogP contribution is 2.18. The van der Waals surface area contributed by atoms with Crippen LogP contribution in [0.15, 0.2) is 18.3 Å². The maximum Gasteiger partial charge on any atom is 0.123 e. The van der Waals surface area contributed by atoms with Crippen molar-refractivity contribution in [3.05, 3.63) is 24.0 Å². The number of nitrogens with zero attached hydrogens (tertiary/aromatic N) is 1. The van der Waals surface area contributed by atoms with Gasteiger partial charge >= 0.3 is 0 Å². The van der Waals surface area contributed by atoms with Crippen molar-refractivity contribution >= 4 is 0 Å². The average Bonchev–Trinajstić information content (AvgIpc) is 2.41. The van der Waals surface area contributed by atoms with E-state index < -0.39 is 0 Å². The molecule has 1 aliphatic rings. The van der Waals surface area contributed by atoms with Crippen LogP contribution in [0.2, 0.25) is 0 Å². The van der Waals surface area contributed by atoms with Gasteiger partial charge in [0, 0.05) is 31.6 Å². The molecule has 4 heteroatoms. The maximum atomic E-state index is 5.95. The fraction of sp³-hybridized carbons (Fsp3) is 0.643. The summed E-state index contributed by atoms with van der Waals surface area (Å²) in [6.07, 6.45) is 5.20. The first-order valence-electron chi connectivity index (χ1n) is 6.78. The highest BCUT2D eigenvalue weighted by Gasteiger charge is 2.15. The molecule has 0 atom stereocenters. The Morgan fingerprint density at radius 2 is 2.28 bits per heavy atom. The molecule has 4 nitrogen and oxygen atoms in total. The topological polar surface area (TPSA) is 43.4 Å². The van der Waals surface area contributed by atoms with E-state index in [1.54, 1.807) is 0 Å². The Balaban J connectivity index is 1.85. The van der Waals surface area contributed by atoms with E-state index in [1.807, 2.05) is 18.3 Å². The number of aromatic nitrogens is 1. The van der Waals surface area contributed by atoms with Crippen LogP contribution in [-0.4, -0.2) is 30.8 Å². The molecular formula is C14H22N2O2. The quantitative estimate of drug-likeness (QED) is 0.786. The van der Waals surface area contributed by atoms with E-state index >= 15 is 0 Å². The van der Waals surface area contributed by atoms with Gasteiger partial charge in [0.2, 0.25) is 0 Å². The standard InChI is InChI=1S/C14H22N2O2/c1-2-6-15-11-12-10-14(3-7-16-12)18-13-4-8-17-9-5-13/h3,7,10,13,15H,2,4-6,8-9,11H2,1H3. The number of pyridine rings is 1. The molecule has 1 N–H and O–H groups in total. The van der Waals surface area contributed by atoms with Gasteiger partial charge in [-0.15, -0.1) is 0 Å². The Labute approximate surface area is 109 Å². The van der Waals surface area contributed by atoms with E-state index in [-0.39, 0.29) is 6.10 Å². The molecule has 1 aromatic rings. The molecule has 1 aromatic heterocycles. The van der Waals surface area contributed by atoms with E-state index in [0.717, 1.165) is 57.0 Å². The van der Waals surface area contributed by atoms with E-state index in [4.69, 9.17) is 9.47 Å². The van der Waals surface area contributed by atoms with Crippen LogP contribution >= 0.6 is 0 Å². The summed E-state index contributed by atoms with van der Waals surface area (Å²) in [5.41, 5.74) is 1.04. The predicted octanol–water partition coefficient (Wildman–Crippen LogP) is 2.14. The van der Waals surface area contributed by atoms with E-state index in [2.05, 4.69) is 17.2 Å². The monoisotopic (exact) mass is 250 g/mol. The van der Waals surface area contributed by atoms with Crippen molar-refractivity contribution in [1.29, 1.82) is 0 Å². The van der Waals surface area contributed by atoms with Crippen molar-refractivity contribution in [2.75, 3.05) is 19.8 Å². The molecule has 1 saturated heterocycles. The molecule has 0 radical (unpaired) electrons. The largest absolute Gasteiger partial charge is 0.490 e. The third-order valence-corrected chi connectivity index (χ3v) is 2.99. The molecular weight excluding hydrogens is 228 g/mol. The smallest absolute Gasteiger partial charge is 0.123 e. The lowest BCUT2D eigenvalue weighted by atomic mass is 10.1. The molecule has 100 valence electrons. The minimum Gasteiger partial charge on any atom is -0.490 e. The van der Waals surface area contributed by atoms with E-state index in [9.17, 15) is 0 Å². The van der Waals surface area contributed by atoms with Crippen LogP contribution in [-0.2, 0) is 11.3 Å². The highest BCUT2D eigenvalue weighted by atomic mass is 16.5. The molecule has 0 bridgehead atoms. The van der Waals surface area contributed by atoms with Gasteiger partial charge in [0.25, 0.3) is 0 Å². The van der Waals surface area contributed by atoms with Crippen LogP contribution in [0.5, 0.6) is 5.75 Å². The molecule has 1 fully saturated rings. The summed E-state index contributed by atoms with van der Waals surface area (Å²) >= 11 is 0. The third-order valence-electron chi connectivity index (χ3n) is 2.99. The predicted molar refractivity (Wildman–Crippen MR) is 70.7 cm³/mol. The second kappa shape index (κ2) is 7.34. The van der Waals surface area contributed by atoms with Crippen LogP contribution in [0.3, 0.4) is 0 Å². The third kappa shape index (κ3) is 4.27. The van der Waals surface area contributed by atoms with Crippen LogP contribution in [0.25, 0.3) is 0 Å². The zero-order valence-electron chi connectivity index (χ0n) is 11.0. The zero-order valence-corrected chi connectivity index (χ0v) is 11.0. The molecule has 18 heavy (non-hydrogen) atoms. The second-order valence-corrected chi connectivity index (χ2v) is 4.59. The fourth-order valence-electron chi connectivity index (χ4n) is 2.01. The summed E-state index contributed by atoms with van der Waals surface area (Å²) < 4.78 is 11.3. The Bertz CT molecular complexity index is 351. The average molecular weight is 250 g/mol.